The molecule has 0 atom stereocenters. The van der Waals surface area contributed by atoms with Crippen molar-refractivity contribution in [3.05, 3.63) is 48.0 Å². The Labute approximate surface area is 104 Å². The van der Waals surface area contributed by atoms with Crippen LogP contribution in [0, 0.1) is 17.1 Å². The lowest BCUT2D eigenvalue weighted by molar-refractivity contribution is 0.415. The number of nitriles is 1. The highest BCUT2D eigenvalue weighted by Crippen LogP contribution is 2.25. The third-order valence-electron chi connectivity index (χ3n) is 2.33. The van der Waals surface area contributed by atoms with Crippen LogP contribution < -0.4 is 10.1 Å². The molecule has 18 heavy (non-hydrogen) atoms. The van der Waals surface area contributed by atoms with Gasteiger partial charge in [0.15, 0.2) is 0 Å². The molecule has 0 amide bonds. The molecule has 2 aromatic rings. The van der Waals surface area contributed by atoms with Crippen LogP contribution in [-0.2, 0) is 0 Å². The summed E-state index contributed by atoms with van der Waals surface area (Å²) in [5, 5.41) is 11.9. The maximum atomic E-state index is 13.0. The Kier molecular flexibility index (Phi) is 3.39. The van der Waals surface area contributed by atoms with Crippen LogP contribution in [0.4, 0.5) is 15.8 Å². The minimum Gasteiger partial charge on any atom is -0.497 e. The molecule has 0 saturated carbocycles. The van der Waals surface area contributed by atoms with Gasteiger partial charge in [-0.1, -0.05) is 0 Å². The van der Waals surface area contributed by atoms with Crippen LogP contribution in [0.25, 0.3) is 0 Å². The number of ether oxygens (including phenoxy) is 1. The average Bonchev–Trinajstić information content (AvgIpc) is 2.38. The van der Waals surface area contributed by atoms with Crippen molar-refractivity contribution < 1.29 is 9.13 Å². The molecule has 1 N–H and O–H groups in total. The van der Waals surface area contributed by atoms with Gasteiger partial charge in [-0.3, -0.25) is 4.98 Å². The fourth-order valence-electron chi connectivity index (χ4n) is 1.49. The van der Waals surface area contributed by atoms with E-state index in [4.69, 9.17) is 10.00 Å². The Morgan fingerprint density at radius 1 is 1.33 bits per heavy atom. The first kappa shape index (κ1) is 11.9. The van der Waals surface area contributed by atoms with E-state index in [0.29, 0.717) is 22.7 Å². The molecule has 1 aromatic heterocycles. The molecule has 0 radical (unpaired) electrons. The number of aromatic nitrogens is 1. The predicted molar refractivity (Wildman–Crippen MR) is 65.2 cm³/mol. The van der Waals surface area contributed by atoms with Gasteiger partial charge in [0, 0.05) is 12.1 Å². The fourth-order valence-corrected chi connectivity index (χ4v) is 1.49. The van der Waals surface area contributed by atoms with E-state index in [1.165, 1.54) is 19.4 Å². The number of nitrogens with zero attached hydrogens (tertiary/aromatic N) is 2. The van der Waals surface area contributed by atoms with E-state index in [1.54, 1.807) is 18.2 Å². The van der Waals surface area contributed by atoms with Gasteiger partial charge in [0.2, 0.25) is 0 Å². The number of benzene rings is 1. The molecular formula is C13H10FN3O. The molecule has 0 aliphatic carbocycles. The normalized spacial score (nSPS) is 9.61. The van der Waals surface area contributed by atoms with E-state index in [2.05, 4.69) is 10.3 Å². The minimum atomic E-state index is -0.443. The maximum Gasteiger partial charge on any atom is 0.143 e. The summed E-state index contributed by atoms with van der Waals surface area (Å²) in [6.07, 6.45) is 2.59. The quantitative estimate of drug-likeness (QED) is 0.900. The second kappa shape index (κ2) is 5.15. The second-order valence-electron chi connectivity index (χ2n) is 3.54. The monoisotopic (exact) mass is 243 g/mol. The van der Waals surface area contributed by atoms with Gasteiger partial charge in [-0.2, -0.15) is 5.26 Å². The van der Waals surface area contributed by atoms with Gasteiger partial charge in [0.05, 0.1) is 36.4 Å². The Hall–Kier alpha value is -2.61. The number of rotatable bonds is 3. The zero-order chi connectivity index (χ0) is 13.0. The zero-order valence-corrected chi connectivity index (χ0v) is 9.64. The van der Waals surface area contributed by atoms with Gasteiger partial charge in [-0.05, 0) is 12.1 Å². The highest BCUT2D eigenvalue weighted by Gasteiger charge is 2.05. The summed E-state index contributed by atoms with van der Waals surface area (Å²) < 4.78 is 18.1. The summed E-state index contributed by atoms with van der Waals surface area (Å²) in [4.78, 5) is 3.73. The highest BCUT2D eigenvalue weighted by molar-refractivity contribution is 5.67. The van der Waals surface area contributed by atoms with Crippen molar-refractivity contribution in [1.29, 1.82) is 5.26 Å². The summed E-state index contributed by atoms with van der Waals surface area (Å²) in [6, 6.07) is 8.34. The molecule has 0 spiro atoms. The molecule has 1 aromatic carbocycles. The average molecular weight is 243 g/mol. The maximum absolute atomic E-state index is 13.0. The third-order valence-corrected chi connectivity index (χ3v) is 2.33. The molecular weight excluding hydrogens is 233 g/mol. The number of nitrogens with one attached hydrogen (secondary N) is 1. The van der Waals surface area contributed by atoms with E-state index in [9.17, 15) is 4.39 Å². The largest absolute Gasteiger partial charge is 0.497 e. The predicted octanol–water partition coefficient (Wildman–Crippen LogP) is 2.84. The van der Waals surface area contributed by atoms with Gasteiger partial charge >= 0.3 is 0 Å². The van der Waals surface area contributed by atoms with E-state index in [0.717, 1.165) is 6.20 Å². The first-order valence-electron chi connectivity index (χ1n) is 5.18. The summed E-state index contributed by atoms with van der Waals surface area (Å²) >= 11 is 0. The number of pyridine rings is 1. The molecule has 1 heterocycles. The Morgan fingerprint density at radius 3 is 2.83 bits per heavy atom. The summed E-state index contributed by atoms with van der Waals surface area (Å²) in [6.45, 7) is 0. The molecule has 0 bridgehead atoms. The lowest BCUT2D eigenvalue weighted by Gasteiger charge is -2.09. The van der Waals surface area contributed by atoms with Crippen LogP contribution in [0.5, 0.6) is 5.75 Å². The number of halogens is 1. The van der Waals surface area contributed by atoms with Crippen LogP contribution in [0.3, 0.4) is 0 Å². The van der Waals surface area contributed by atoms with E-state index < -0.39 is 5.82 Å². The number of hydrogen-bond donors (Lipinski definition) is 1. The molecule has 90 valence electrons. The zero-order valence-electron chi connectivity index (χ0n) is 9.64. The molecule has 4 nitrogen and oxygen atoms in total. The van der Waals surface area contributed by atoms with Crippen LogP contribution in [-0.4, -0.2) is 12.1 Å². The van der Waals surface area contributed by atoms with Crippen molar-refractivity contribution in [3.63, 3.8) is 0 Å². The van der Waals surface area contributed by atoms with Gasteiger partial charge in [-0.15, -0.1) is 0 Å². The van der Waals surface area contributed by atoms with Crippen LogP contribution in [0.15, 0.2) is 36.7 Å². The standard InChI is InChI=1S/C13H10FN3O/c1-18-12-3-2-9(6-15)13(5-12)17-11-4-10(14)7-16-8-11/h2-5,7-8,17H,1H3. The molecule has 0 aliphatic rings. The van der Waals surface area contributed by atoms with Gasteiger partial charge in [-0.25, -0.2) is 4.39 Å². The van der Waals surface area contributed by atoms with Crippen LogP contribution in [0.2, 0.25) is 0 Å². The molecule has 0 saturated heterocycles. The molecule has 0 unspecified atom stereocenters. The number of anilines is 2. The summed E-state index contributed by atoms with van der Waals surface area (Å²) in [5.41, 5.74) is 1.46. The van der Waals surface area contributed by atoms with Gasteiger partial charge < -0.3 is 10.1 Å². The minimum absolute atomic E-state index is 0.443. The van der Waals surface area contributed by atoms with Crippen molar-refractivity contribution in [1.82, 2.24) is 4.98 Å². The van der Waals surface area contributed by atoms with Crippen LogP contribution >= 0.6 is 0 Å². The summed E-state index contributed by atoms with van der Waals surface area (Å²) in [7, 11) is 1.54. The van der Waals surface area contributed by atoms with Crippen LogP contribution in [0.1, 0.15) is 5.56 Å². The fraction of sp³-hybridized carbons (Fsp3) is 0.0769. The van der Waals surface area contributed by atoms with Crippen molar-refractivity contribution in [3.8, 4) is 11.8 Å². The molecule has 5 heteroatoms. The molecule has 2 rings (SSSR count). The van der Waals surface area contributed by atoms with E-state index in [-0.39, 0.29) is 0 Å². The van der Waals surface area contributed by atoms with Crippen molar-refractivity contribution in [2.75, 3.05) is 12.4 Å². The molecule has 0 fully saturated rings. The van der Waals surface area contributed by atoms with Gasteiger partial charge in [0.1, 0.15) is 17.6 Å². The van der Waals surface area contributed by atoms with Gasteiger partial charge in [0.25, 0.3) is 0 Å². The highest BCUT2D eigenvalue weighted by atomic mass is 19.1. The van der Waals surface area contributed by atoms with E-state index >= 15 is 0 Å². The van der Waals surface area contributed by atoms with Crippen molar-refractivity contribution >= 4 is 11.4 Å². The molecule has 0 aliphatic heterocycles. The van der Waals surface area contributed by atoms with Crippen molar-refractivity contribution in [2.24, 2.45) is 0 Å². The first-order valence-corrected chi connectivity index (χ1v) is 5.18. The number of hydrogen-bond acceptors (Lipinski definition) is 4. The first-order chi connectivity index (χ1) is 8.72. The lowest BCUT2D eigenvalue weighted by Crippen LogP contribution is -1.96. The lowest BCUT2D eigenvalue weighted by atomic mass is 10.2. The smallest absolute Gasteiger partial charge is 0.143 e. The number of methoxy groups -OCH3 is 1. The topological polar surface area (TPSA) is 57.9 Å². The Balaban J connectivity index is 2.36. The second-order valence-corrected chi connectivity index (χ2v) is 3.54. The summed E-state index contributed by atoms with van der Waals surface area (Å²) in [5.74, 6) is 0.169. The Bertz CT molecular complexity index is 607. The SMILES string of the molecule is COc1ccc(C#N)c(Nc2cncc(F)c2)c1. The van der Waals surface area contributed by atoms with Crippen molar-refractivity contribution in [2.45, 2.75) is 0 Å². The third kappa shape index (κ3) is 2.55. The van der Waals surface area contributed by atoms with E-state index in [1.807, 2.05) is 6.07 Å². The Morgan fingerprint density at radius 2 is 2.17 bits per heavy atom.